The van der Waals surface area contributed by atoms with Crippen molar-refractivity contribution in [3.05, 3.63) is 47.6 Å². The second kappa shape index (κ2) is 11.8. The number of hydrogen-bond acceptors (Lipinski definition) is 0. The van der Waals surface area contributed by atoms with E-state index in [1.807, 2.05) is 6.08 Å². The molecule has 0 heteroatoms. The molecular weight excluding hydrogens is 240 g/mol. The predicted octanol–water partition coefficient (Wildman–Crippen LogP) is 7.01. The molecule has 0 rings (SSSR count). The molecule has 0 bridgehead atoms. The van der Waals surface area contributed by atoms with Crippen LogP contribution >= 0.6 is 0 Å². The first kappa shape index (κ1) is 19.0. The highest BCUT2D eigenvalue weighted by atomic mass is 14.0. The molecule has 0 aromatic carbocycles. The molecule has 0 nitrogen and oxygen atoms in total. The lowest BCUT2D eigenvalue weighted by atomic mass is 10.0. The lowest BCUT2D eigenvalue weighted by Gasteiger charge is -2.05. The van der Waals surface area contributed by atoms with Crippen LogP contribution in [0.15, 0.2) is 47.6 Å². The second-order valence-corrected chi connectivity index (χ2v) is 6.39. The predicted molar refractivity (Wildman–Crippen MR) is 94.0 cm³/mol. The van der Waals surface area contributed by atoms with E-state index in [4.69, 9.17) is 0 Å². The fourth-order valence-electron chi connectivity index (χ4n) is 2.06. The van der Waals surface area contributed by atoms with E-state index in [1.54, 1.807) is 0 Å². The average molecular weight is 274 g/mol. The summed E-state index contributed by atoms with van der Waals surface area (Å²) in [5.41, 5.74) is 4.47. The molecule has 0 saturated carbocycles. The zero-order valence-corrected chi connectivity index (χ0v) is 14.3. The summed E-state index contributed by atoms with van der Waals surface area (Å²) < 4.78 is 0. The smallest absolute Gasteiger partial charge is 0.0141 e. The first-order valence-corrected chi connectivity index (χ1v) is 8.03. The van der Waals surface area contributed by atoms with Gasteiger partial charge in [0.15, 0.2) is 0 Å². The van der Waals surface area contributed by atoms with Crippen molar-refractivity contribution >= 4 is 0 Å². The number of allylic oxidation sites excluding steroid dienone is 7. The summed E-state index contributed by atoms with van der Waals surface area (Å²) in [5.74, 6) is 0.765. The Morgan fingerprint density at radius 3 is 2.15 bits per heavy atom. The minimum absolute atomic E-state index is 0.765. The highest BCUT2D eigenvalue weighted by Gasteiger charge is 1.96. The minimum atomic E-state index is 0.765. The largest absolute Gasteiger partial charge is 0.103 e. The van der Waals surface area contributed by atoms with E-state index in [2.05, 4.69) is 59.4 Å². The highest BCUT2D eigenvalue weighted by Crippen LogP contribution is 2.16. The van der Waals surface area contributed by atoms with Crippen molar-refractivity contribution in [1.29, 1.82) is 0 Å². The molecule has 0 atom stereocenters. The molecule has 0 aliphatic carbocycles. The molecule has 0 heterocycles. The summed E-state index contributed by atoms with van der Waals surface area (Å²) in [6, 6.07) is 0. The molecule has 0 amide bonds. The van der Waals surface area contributed by atoms with Crippen LogP contribution in [0.4, 0.5) is 0 Å². The molecule has 0 spiro atoms. The monoisotopic (exact) mass is 274 g/mol. The fraction of sp³-hybridized carbons (Fsp3) is 0.600. The summed E-state index contributed by atoms with van der Waals surface area (Å²) in [6.07, 6.45) is 16.1. The molecule has 114 valence electrons. The molecule has 20 heavy (non-hydrogen) atoms. The van der Waals surface area contributed by atoms with Gasteiger partial charge in [-0.3, -0.25) is 0 Å². The van der Waals surface area contributed by atoms with E-state index in [-0.39, 0.29) is 0 Å². The molecule has 0 N–H and O–H groups in total. The van der Waals surface area contributed by atoms with Gasteiger partial charge in [0.05, 0.1) is 0 Å². The lowest BCUT2D eigenvalue weighted by molar-refractivity contribution is 0.659. The van der Waals surface area contributed by atoms with Gasteiger partial charge in [0.2, 0.25) is 0 Å². The van der Waals surface area contributed by atoms with E-state index in [9.17, 15) is 0 Å². The first-order valence-electron chi connectivity index (χ1n) is 8.03. The molecule has 0 aliphatic heterocycles. The third kappa shape index (κ3) is 12.0. The van der Waals surface area contributed by atoms with Crippen LogP contribution in [-0.2, 0) is 0 Å². The standard InChI is InChI=1S/C20H34/c1-7-10-20(13-8-11-17(2)3)14-9-12-19(6)16-15-18(4)5/h7,11,14,16,18H,1,8-10,12-13,15H2,2-6H3/b19-16+,20-14+. The molecule has 0 fully saturated rings. The first-order chi connectivity index (χ1) is 9.45. The van der Waals surface area contributed by atoms with Crippen LogP contribution in [0.3, 0.4) is 0 Å². The highest BCUT2D eigenvalue weighted by molar-refractivity contribution is 5.10. The van der Waals surface area contributed by atoms with Crippen molar-refractivity contribution in [2.24, 2.45) is 5.92 Å². The van der Waals surface area contributed by atoms with E-state index in [1.165, 1.54) is 42.4 Å². The maximum Gasteiger partial charge on any atom is -0.0141 e. The van der Waals surface area contributed by atoms with Gasteiger partial charge in [-0.15, -0.1) is 6.58 Å². The van der Waals surface area contributed by atoms with Crippen molar-refractivity contribution in [2.75, 3.05) is 0 Å². The number of rotatable bonds is 10. The molecule has 0 aliphatic rings. The van der Waals surface area contributed by atoms with Crippen LogP contribution in [0.1, 0.15) is 73.1 Å². The Labute approximate surface area is 127 Å². The van der Waals surface area contributed by atoms with Gasteiger partial charge in [-0.05, 0) is 65.2 Å². The van der Waals surface area contributed by atoms with E-state index in [0.717, 1.165) is 18.8 Å². The van der Waals surface area contributed by atoms with Crippen molar-refractivity contribution in [1.82, 2.24) is 0 Å². The van der Waals surface area contributed by atoms with Crippen LogP contribution in [0.2, 0.25) is 0 Å². The van der Waals surface area contributed by atoms with Gasteiger partial charge in [0.1, 0.15) is 0 Å². The summed E-state index contributed by atoms with van der Waals surface area (Å²) in [6.45, 7) is 15.0. The van der Waals surface area contributed by atoms with Gasteiger partial charge in [-0.25, -0.2) is 0 Å². The Balaban J connectivity index is 4.22. The fourth-order valence-corrected chi connectivity index (χ4v) is 2.06. The SMILES string of the molecule is C=CC/C(=C\CC/C(C)=C/CC(C)C)CCC=C(C)C. The third-order valence-electron chi connectivity index (χ3n) is 3.33. The van der Waals surface area contributed by atoms with Crippen LogP contribution in [0.25, 0.3) is 0 Å². The van der Waals surface area contributed by atoms with Crippen LogP contribution < -0.4 is 0 Å². The normalized spacial score (nSPS) is 12.7. The van der Waals surface area contributed by atoms with Gasteiger partial charge in [-0.1, -0.05) is 54.9 Å². The molecule has 0 aromatic heterocycles. The molecular formula is C20H34. The summed E-state index contributed by atoms with van der Waals surface area (Å²) in [7, 11) is 0. The van der Waals surface area contributed by atoms with Crippen molar-refractivity contribution < 1.29 is 0 Å². The maximum atomic E-state index is 3.87. The summed E-state index contributed by atoms with van der Waals surface area (Å²) in [5, 5.41) is 0. The Morgan fingerprint density at radius 2 is 1.60 bits per heavy atom. The van der Waals surface area contributed by atoms with E-state index < -0.39 is 0 Å². The Kier molecular flexibility index (Phi) is 11.1. The zero-order chi connectivity index (χ0) is 15.4. The van der Waals surface area contributed by atoms with Gasteiger partial charge < -0.3 is 0 Å². The Bertz CT molecular complexity index is 346. The number of hydrogen-bond donors (Lipinski definition) is 0. The molecule has 0 saturated heterocycles. The maximum absolute atomic E-state index is 3.87. The zero-order valence-electron chi connectivity index (χ0n) is 14.3. The molecule has 0 aromatic rings. The van der Waals surface area contributed by atoms with Crippen LogP contribution in [-0.4, -0.2) is 0 Å². The Hall–Kier alpha value is -1.04. The van der Waals surface area contributed by atoms with Crippen molar-refractivity contribution in [3.8, 4) is 0 Å². The summed E-state index contributed by atoms with van der Waals surface area (Å²) >= 11 is 0. The van der Waals surface area contributed by atoms with E-state index >= 15 is 0 Å². The molecule has 0 unspecified atom stereocenters. The van der Waals surface area contributed by atoms with Crippen LogP contribution in [0.5, 0.6) is 0 Å². The van der Waals surface area contributed by atoms with Gasteiger partial charge in [0.25, 0.3) is 0 Å². The van der Waals surface area contributed by atoms with Crippen molar-refractivity contribution in [3.63, 3.8) is 0 Å². The van der Waals surface area contributed by atoms with Crippen LogP contribution in [0, 0.1) is 5.92 Å². The van der Waals surface area contributed by atoms with Gasteiger partial charge in [-0.2, -0.15) is 0 Å². The topological polar surface area (TPSA) is 0 Å². The van der Waals surface area contributed by atoms with E-state index in [0.29, 0.717) is 0 Å². The second-order valence-electron chi connectivity index (χ2n) is 6.39. The minimum Gasteiger partial charge on any atom is -0.103 e. The average Bonchev–Trinajstić information content (AvgIpc) is 2.36. The van der Waals surface area contributed by atoms with Gasteiger partial charge >= 0.3 is 0 Å². The van der Waals surface area contributed by atoms with Crippen molar-refractivity contribution in [2.45, 2.75) is 73.1 Å². The van der Waals surface area contributed by atoms with Gasteiger partial charge in [0, 0.05) is 0 Å². The Morgan fingerprint density at radius 1 is 0.950 bits per heavy atom. The third-order valence-corrected chi connectivity index (χ3v) is 3.33. The quantitative estimate of drug-likeness (QED) is 0.376. The summed E-state index contributed by atoms with van der Waals surface area (Å²) in [4.78, 5) is 0. The lowest BCUT2D eigenvalue weighted by Crippen LogP contribution is -1.86. The molecule has 0 radical (unpaired) electrons.